The number of amides is 1. The van der Waals surface area contributed by atoms with Crippen molar-refractivity contribution in [1.82, 2.24) is 10.2 Å². The third-order valence-electron chi connectivity index (χ3n) is 3.43. The van der Waals surface area contributed by atoms with Crippen LogP contribution in [0.1, 0.15) is 16.9 Å². The Balaban J connectivity index is 1.82. The minimum absolute atomic E-state index is 0.199. The number of rotatable bonds is 4. The fourth-order valence-corrected chi connectivity index (χ4v) is 3.12. The maximum atomic E-state index is 12.1. The van der Waals surface area contributed by atoms with Crippen LogP contribution in [0.3, 0.4) is 0 Å². The Morgan fingerprint density at radius 1 is 1.65 bits per heavy atom. The molecule has 0 spiro atoms. The summed E-state index contributed by atoms with van der Waals surface area (Å²) < 4.78 is 0. The Kier molecular flexibility index (Phi) is 4.18. The van der Waals surface area contributed by atoms with Gasteiger partial charge in [-0.15, -0.1) is 11.3 Å². The largest absolute Gasteiger partial charge is 0.345 e. The summed E-state index contributed by atoms with van der Waals surface area (Å²) in [6.45, 7) is 4.79. The third kappa shape index (κ3) is 3.07. The lowest BCUT2D eigenvalue weighted by molar-refractivity contribution is -0.133. The van der Waals surface area contributed by atoms with E-state index in [-0.39, 0.29) is 5.92 Å². The second-order valence-corrected chi connectivity index (χ2v) is 5.73. The van der Waals surface area contributed by atoms with Crippen molar-refractivity contribution >= 4 is 17.2 Å². The number of nitrogens with one attached hydrogen (secondary N) is 1. The Hall–Kier alpha value is -0.870. The first-order valence-electron chi connectivity index (χ1n) is 6.17. The SMILES string of the molecule is Cc1ccsc1CCN(C)C(=O)C1CCNC1. The normalized spacial score (nSPS) is 19.5. The Morgan fingerprint density at radius 2 is 2.47 bits per heavy atom. The molecule has 1 aliphatic heterocycles. The fraction of sp³-hybridized carbons (Fsp3) is 0.615. The average molecular weight is 252 g/mol. The van der Waals surface area contributed by atoms with Crippen molar-refractivity contribution in [3.8, 4) is 0 Å². The van der Waals surface area contributed by atoms with Crippen molar-refractivity contribution < 1.29 is 4.79 Å². The van der Waals surface area contributed by atoms with Crippen LogP contribution in [0.15, 0.2) is 11.4 Å². The second-order valence-electron chi connectivity index (χ2n) is 4.73. The first-order chi connectivity index (χ1) is 8.18. The molecule has 2 rings (SSSR count). The van der Waals surface area contributed by atoms with Crippen molar-refractivity contribution in [2.24, 2.45) is 5.92 Å². The van der Waals surface area contributed by atoms with Crippen molar-refractivity contribution in [3.63, 3.8) is 0 Å². The molecule has 1 N–H and O–H groups in total. The van der Waals surface area contributed by atoms with E-state index in [2.05, 4.69) is 23.7 Å². The van der Waals surface area contributed by atoms with E-state index in [0.29, 0.717) is 5.91 Å². The van der Waals surface area contributed by atoms with Crippen molar-refractivity contribution in [3.05, 3.63) is 21.9 Å². The van der Waals surface area contributed by atoms with Gasteiger partial charge in [-0.3, -0.25) is 4.79 Å². The molecule has 1 aliphatic rings. The summed E-state index contributed by atoms with van der Waals surface area (Å²) in [7, 11) is 1.92. The van der Waals surface area contributed by atoms with Gasteiger partial charge in [0.05, 0.1) is 5.92 Å². The topological polar surface area (TPSA) is 32.3 Å². The van der Waals surface area contributed by atoms with Crippen molar-refractivity contribution in [1.29, 1.82) is 0 Å². The van der Waals surface area contributed by atoms with Gasteiger partial charge in [-0.1, -0.05) is 0 Å². The summed E-state index contributed by atoms with van der Waals surface area (Å²) in [6, 6.07) is 2.14. The number of hydrogen-bond donors (Lipinski definition) is 1. The smallest absolute Gasteiger partial charge is 0.226 e. The second kappa shape index (κ2) is 5.65. The van der Waals surface area contributed by atoms with Crippen LogP contribution < -0.4 is 5.32 Å². The molecule has 1 fully saturated rings. The van der Waals surface area contributed by atoms with Crippen LogP contribution in [0.5, 0.6) is 0 Å². The summed E-state index contributed by atoms with van der Waals surface area (Å²) in [6.07, 6.45) is 1.97. The number of carbonyl (C=O) groups is 1. The fourth-order valence-electron chi connectivity index (χ4n) is 2.22. The molecule has 2 heterocycles. The first kappa shape index (κ1) is 12.6. The van der Waals surface area contributed by atoms with Gasteiger partial charge in [-0.2, -0.15) is 0 Å². The molecule has 94 valence electrons. The van der Waals surface area contributed by atoms with Crippen molar-refractivity contribution in [2.45, 2.75) is 19.8 Å². The van der Waals surface area contributed by atoms with Gasteiger partial charge in [-0.25, -0.2) is 0 Å². The Bertz CT molecular complexity index is 383. The molecule has 3 nitrogen and oxygen atoms in total. The average Bonchev–Trinajstić information content (AvgIpc) is 2.96. The van der Waals surface area contributed by atoms with E-state index in [0.717, 1.165) is 32.5 Å². The lowest BCUT2D eigenvalue weighted by Gasteiger charge is -2.20. The summed E-state index contributed by atoms with van der Waals surface area (Å²) in [4.78, 5) is 15.4. The highest BCUT2D eigenvalue weighted by Gasteiger charge is 2.24. The molecule has 0 saturated carbocycles. The van der Waals surface area contributed by atoms with E-state index < -0.39 is 0 Å². The molecule has 0 aliphatic carbocycles. The number of likely N-dealkylation sites (N-methyl/N-ethyl adjacent to an activating group) is 1. The van der Waals surface area contributed by atoms with Gasteiger partial charge in [0.1, 0.15) is 0 Å². The van der Waals surface area contributed by atoms with Crippen LogP contribution in [-0.2, 0) is 11.2 Å². The zero-order valence-electron chi connectivity index (χ0n) is 10.5. The van der Waals surface area contributed by atoms with Gasteiger partial charge in [0.25, 0.3) is 0 Å². The lowest BCUT2D eigenvalue weighted by Crippen LogP contribution is -2.35. The van der Waals surface area contributed by atoms with Gasteiger partial charge >= 0.3 is 0 Å². The van der Waals surface area contributed by atoms with E-state index in [4.69, 9.17) is 0 Å². The molecule has 0 aromatic carbocycles. The maximum Gasteiger partial charge on any atom is 0.226 e. The molecule has 1 aromatic rings. The number of thiophene rings is 1. The van der Waals surface area contributed by atoms with Gasteiger partial charge in [0.15, 0.2) is 0 Å². The third-order valence-corrected chi connectivity index (χ3v) is 4.51. The molecule has 1 atom stereocenters. The summed E-state index contributed by atoms with van der Waals surface area (Å²) in [5, 5.41) is 5.36. The van der Waals surface area contributed by atoms with Crippen LogP contribution in [0.4, 0.5) is 0 Å². The van der Waals surface area contributed by atoms with E-state index in [1.54, 1.807) is 11.3 Å². The summed E-state index contributed by atoms with van der Waals surface area (Å²) in [5.41, 5.74) is 1.35. The highest BCUT2D eigenvalue weighted by molar-refractivity contribution is 7.10. The minimum Gasteiger partial charge on any atom is -0.345 e. The molecule has 1 aromatic heterocycles. The van der Waals surface area contributed by atoms with Gasteiger partial charge < -0.3 is 10.2 Å². The zero-order chi connectivity index (χ0) is 12.3. The summed E-state index contributed by atoms with van der Waals surface area (Å²) >= 11 is 1.79. The number of aryl methyl sites for hydroxylation is 1. The molecule has 0 radical (unpaired) electrons. The first-order valence-corrected chi connectivity index (χ1v) is 7.05. The van der Waals surface area contributed by atoms with E-state index >= 15 is 0 Å². The lowest BCUT2D eigenvalue weighted by atomic mass is 10.1. The van der Waals surface area contributed by atoms with Crippen LogP contribution in [0, 0.1) is 12.8 Å². The van der Waals surface area contributed by atoms with Crippen LogP contribution >= 0.6 is 11.3 Å². The molecular formula is C13H20N2OS. The molecule has 1 saturated heterocycles. The van der Waals surface area contributed by atoms with Crippen LogP contribution in [-0.4, -0.2) is 37.5 Å². The molecule has 0 bridgehead atoms. The predicted octanol–water partition coefficient (Wildman–Crippen LogP) is 1.67. The van der Waals surface area contributed by atoms with Crippen LogP contribution in [0.25, 0.3) is 0 Å². The van der Waals surface area contributed by atoms with Gasteiger partial charge in [-0.05, 0) is 43.3 Å². The minimum atomic E-state index is 0.199. The van der Waals surface area contributed by atoms with Gasteiger partial charge in [0, 0.05) is 25.0 Å². The molecule has 17 heavy (non-hydrogen) atoms. The van der Waals surface area contributed by atoms with Crippen LogP contribution in [0.2, 0.25) is 0 Å². The molecule has 1 unspecified atom stereocenters. The Labute approximate surface area is 107 Å². The van der Waals surface area contributed by atoms with E-state index in [9.17, 15) is 4.79 Å². The number of hydrogen-bond acceptors (Lipinski definition) is 3. The number of carbonyl (C=O) groups excluding carboxylic acids is 1. The van der Waals surface area contributed by atoms with E-state index in [1.807, 2.05) is 11.9 Å². The zero-order valence-corrected chi connectivity index (χ0v) is 11.3. The standard InChI is InChI=1S/C13H20N2OS/c1-10-5-8-17-12(10)4-7-15(2)13(16)11-3-6-14-9-11/h5,8,11,14H,3-4,6-7,9H2,1-2H3. The predicted molar refractivity (Wildman–Crippen MR) is 71.4 cm³/mol. The van der Waals surface area contributed by atoms with E-state index in [1.165, 1.54) is 10.4 Å². The summed E-state index contributed by atoms with van der Waals surface area (Å²) in [5.74, 6) is 0.494. The van der Waals surface area contributed by atoms with Crippen molar-refractivity contribution in [2.75, 3.05) is 26.7 Å². The number of nitrogens with zero attached hydrogens (tertiary/aromatic N) is 1. The van der Waals surface area contributed by atoms with Gasteiger partial charge in [0.2, 0.25) is 5.91 Å². The highest BCUT2D eigenvalue weighted by Crippen LogP contribution is 2.17. The highest BCUT2D eigenvalue weighted by atomic mass is 32.1. The molecular weight excluding hydrogens is 232 g/mol. The quantitative estimate of drug-likeness (QED) is 0.884. The maximum absolute atomic E-state index is 12.1. The molecule has 1 amide bonds. The Morgan fingerprint density at radius 3 is 3.06 bits per heavy atom. The molecule has 4 heteroatoms. The monoisotopic (exact) mass is 252 g/mol.